The third-order valence-corrected chi connectivity index (χ3v) is 3.22. The van der Waals surface area contributed by atoms with Crippen LogP contribution in [0.2, 0.25) is 0 Å². The van der Waals surface area contributed by atoms with Crippen molar-refractivity contribution in [3.63, 3.8) is 0 Å². The number of aromatic nitrogens is 1. The molecule has 19 heavy (non-hydrogen) atoms. The van der Waals surface area contributed by atoms with Gasteiger partial charge in [-0.3, -0.25) is 4.79 Å². The van der Waals surface area contributed by atoms with Gasteiger partial charge in [0.05, 0.1) is 0 Å². The second-order valence-corrected chi connectivity index (χ2v) is 5.61. The molecular formula is C13H19BrN2O3. The van der Waals surface area contributed by atoms with Crippen molar-refractivity contribution in [1.29, 1.82) is 0 Å². The van der Waals surface area contributed by atoms with E-state index in [0.717, 1.165) is 4.47 Å². The van der Waals surface area contributed by atoms with E-state index in [2.05, 4.69) is 21.2 Å². The molecule has 1 atom stereocenters. The quantitative estimate of drug-likeness (QED) is 0.842. The normalized spacial score (nSPS) is 12.5. The molecule has 106 valence electrons. The van der Waals surface area contributed by atoms with E-state index in [1.807, 2.05) is 31.5 Å². The second-order valence-electron chi connectivity index (χ2n) is 4.70. The fraction of sp³-hybridized carbons (Fsp3) is 0.538. The molecule has 0 aromatic carbocycles. The Hall–Kier alpha value is -1.30. The summed E-state index contributed by atoms with van der Waals surface area (Å²) in [6.45, 7) is 5.81. The van der Waals surface area contributed by atoms with Crippen LogP contribution in [0, 0.1) is 0 Å². The van der Waals surface area contributed by atoms with Gasteiger partial charge in [0.2, 0.25) is 0 Å². The predicted molar refractivity (Wildman–Crippen MR) is 76.3 cm³/mol. The standard InChI is InChI=1S/C13H19BrN2O3/c1-4-5-10(13(18)19)15-12(17)11-6-9(14)7-16(11)8(2)3/h6-8,10H,4-5H2,1-3H3,(H,15,17)(H,18,19)/t10-/m1/s1. The number of carbonyl (C=O) groups is 2. The van der Waals surface area contributed by atoms with Crippen molar-refractivity contribution >= 4 is 27.8 Å². The highest BCUT2D eigenvalue weighted by molar-refractivity contribution is 9.10. The van der Waals surface area contributed by atoms with Crippen LogP contribution in [0.4, 0.5) is 0 Å². The van der Waals surface area contributed by atoms with Crippen LogP contribution < -0.4 is 5.32 Å². The lowest BCUT2D eigenvalue weighted by Gasteiger charge is -2.16. The number of halogens is 1. The Labute approximate surface area is 121 Å². The molecule has 0 unspecified atom stereocenters. The fourth-order valence-electron chi connectivity index (χ4n) is 1.83. The number of aliphatic carboxylic acids is 1. The zero-order valence-corrected chi connectivity index (χ0v) is 12.9. The molecule has 0 aliphatic heterocycles. The van der Waals surface area contributed by atoms with E-state index in [1.165, 1.54) is 0 Å². The highest BCUT2D eigenvalue weighted by atomic mass is 79.9. The van der Waals surface area contributed by atoms with Crippen molar-refractivity contribution in [3.05, 3.63) is 22.4 Å². The number of carbonyl (C=O) groups excluding carboxylic acids is 1. The van der Waals surface area contributed by atoms with Gasteiger partial charge in [0.25, 0.3) is 5.91 Å². The Bertz CT molecular complexity index is 468. The fourth-order valence-corrected chi connectivity index (χ4v) is 2.27. The number of rotatable bonds is 6. The monoisotopic (exact) mass is 330 g/mol. The van der Waals surface area contributed by atoms with Crippen LogP contribution in [0.15, 0.2) is 16.7 Å². The summed E-state index contributed by atoms with van der Waals surface area (Å²) in [4.78, 5) is 23.2. The molecule has 0 radical (unpaired) electrons. The van der Waals surface area contributed by atoms with E-state index in [4.69, 9.17) is 5.11 Å². The van der Waals surface area contributed by atoms with Gasteiger partial charge in [0, 0.05) is 16.7 Å². The maximum absolute atomic E-state index is 12.2. The van der Waals surface area contributed by atoms with Crippen LogP contribution in [0.25, 0.3) is 0 Å². The van der Waals surface area contributed by atoms with E-state index < -0.39 is 12.0 Å². The lowest BCUT2D eigenvalue weighted by molar-refractivity contribution is -0.139. The van der Waals surface area contributed by atoms with Crippen molar-refractivity contribution in [2.24, 2.45) is 0 Å². The van der Waals surface area contributed by atoms with Crippen LogP contribution >= 0.6 is 15.9 Å². The lowest BCUT2D eigenvalue weighted by atomic mass is 10.1. The molecule has 1 aromatic heterocycles. The topological polar surface area (TPSA) is 71.3 Å². The summed E-state index contributed by atoms with van der Waals surface area (Å²) in [6, 6.07) is 0.980. The Morgan fingerprint density at radius 1 is 1.47 bits per heavy atom. The van der Waals surface area contributed by atoms with Gasteiger partial charge in [-0.1, -0.05) is 13.3 Å². The number of amides is 1. The van der Waals surface area contributed by atoms with Gasteiger partial charge >= 0.3 is 5.97 Å². The third kappa shape index (κ3) is 4.09. The first-order chi connectivity index (χ1) is 8.86. The summed E-state index contributed by atoms with van der Waals surface area (Å²) in [5, 5.41) is 11.6. The third-order valence-electron chi connectivity index (χ3n) is 2.78. The van der Waals surface area contributed by atoms with Crippen molar-refractivity contribution in [3.8, 4) is 0 Å². The Morgan fingerprint density at radius 3 is 2.58 bits per heavy atom. The molecule has 0 aliphatic carbocycles. The van der Waals surface area contributed by atoms with E-state index in [1.54, 1.807) is 6.07 Å². The number of nitrogens with zero attached hydrogens (tertiary/aromatic N) is 1. The molecule has 1 aromatic rings. The van der Waals surface area contributed by atoms with Crippen LogP contribution in [0.3, 0.4) is 0 Å². The molecule has 0 aliphatic rings. The van der Waals surface area contributed by atoms with Gasteiger partial charge in [-0.25, -0.2) is 4.79 Å². The van der Waals surface area contributed by atoms with Crippen molar-refractivity contribution in [2.75, 3.05) is 0 Å². The van der Waals surface area contributed by atoms with Gasteiger partial charge in [0.15, 0.2) is 0 Å². The summed E-state index contributed by atoms with van der Waals surface area (Å²) in [7, 11) is 0. The Kier molecular flexibility index (Phi) is 5.60. The maximum atomic E-state index is 12.2. The number of carboxylic acid groups (broad SMARTS) is 1. The van der Waals surface area contributed by atoms with Crippen molar-refractivity contribution in [1.82, 2.24) is 9.88 Å². The van der Waals surface area contributed by atoms with E-state index >= 15 is 0 Å². The molecular weight excluding hydrogens is 312 g/mol. The highest BCUT2D eigenvalue weighted by Crippen LogP contribution is 2.19. The van der Waals surface area contributed by atoms with Crippen molar-refractivity contribution in [2.45, 2.75) is 45.7 Å². The van der Waals surface area contributed by atoms with Gasteiger partial charge in [-0.05, 0) is 42.3 Å². The molecule has 0 fully saturated rings. The zero-order valence-electron chi connectivity index (χ0n) is 11.3. The largest absolute Gasteiger partial charge is 0.480 e. The number of hydrogen-bond acceptors (Lipinski definition) is 2. The van der Waals surface area contributed by atoms with Crippen LogP contribution in [0.5, 0.6) is 0 Å². The molecule has 2 N–H and O–H groups in total. The first-order valence-electron chi connectivity index (χ1n) is 6.27. The van der Waals surface area contributed by atoms with Crippen LogP contribution in [-0.2, 0) is 4.79 Å². The molecule has 1 rings (SSSR count). The minimum atomic E-state index is -1.00. The van der Waals surface area contributed by atoms with Crippen molar-refractivity contribution < 1.29 is 14.7 Å². The SMILES string of the molecule is CCC[C@@H](NC(=O)c1cc(Br)cn1C(C)C)C(=O)O. The van der Waals surface area contributed by atoms with Gasteiger partial charge in [0.1, 0.15) is 11.7 Å². The Balaban J connectivity index is 2.91. The smallest absolute Gasteiger partial charge is 0.326 e. The zero-order chi connectivity index (χ0) is 14.6. The van der Waals surface area contributed by atoms with E-state index in [9.17, 15) is 9.59 Å². The Morgan fingerprint density at radius 2 is 2.11 bits per heavy atom. The summed E-state index contributed by atoms with van der Waals surface area (Å²) in [6.07, 6.45) is 2.94. The summed E-state index contributed by atoms with van der Waals surface area (Å²) >= 11 is 3.33. The summed E-state index contributed by atoms with van der Waals surface area (Å²) < 4.78 is 2.61. The number of nitrogens with one attached hydrogen (secondary N) is 1. The van der Waals surface area contributed by atoms with Crippen LogP contribution in [0.1, 0.15) is 50.1 Å². The maximum Gasteiger partial charge on any atom is 0.326 e. The molecule has 0 saturated heterocycles. The van der Waals surface area contributed by atoms with Crippen LogP contribution in [-0.4, -0.2) is 27.6 Å². The van der Waals surface area contributed by atoms with Gasteiger partial charge < -0.3 is 15.0 Å². The predicted octanol–water partition coefficient (Wildman–Crippen LogP) is 2.81. The highest BCUT2D eigenvalue weighted by Gasteiger charge is 2.22. The van der Waals surface area contributed by atoms with Gasteiger partial charge in [-0.2, -0.15) is 0 Å². The molecule has 6 heteroatoms. The molecule has 1 amide bonds. The first-order valence-corrected chi connectivity index (χ1v) is 7.07. The molecule has 1 heterocycles. The average Bonchev–Trinajstić information content (AvgIpc) is 2.70. The first kappa shape index (κ1) is 15.8. The van der Waals surface area contributed by atoms with E-state index in [0.29, 0.717) is 18.5 Å². The summed E-state index contributed by atoms with van der Waals surface area (Å²) in [5.74, 6) is -1.36. The molecule has 0 spiro atoms. The molecule has 0 saturated carbocycles. The molecule has 0 bridgehead atoms. The summed E-state index contributed by atoms with van der Waals surface area (Å²) in [5.41, 5.74) is 0.462. The van der Waals surface area contributed by atoms with E-state index in [-0.39, 0.29) is 11.9 Å². The lowest BCUT2D eigenvalue weighted by Crippen LogP contribution is -2.41. The number of carboxylic acids is 1. The average molecular weight is 331 g/mol. The second kappa shape index (κ2) is 6.75. The minimum Gasteiger partial charge on any atom is -0.480 e. The number of hydrogen-bond donors (Lipinski definition) is 2. The minimum absolute atomic E-state index is 0.126. The van der Waals surface area contributed by atoms with Gasteiger partial charge in [-0.15, -0.1) is 0 Å². The molecule has 5 nitrogen and oxygen atoms in total.